The maximum Gasteiger partial charge on any atom is 0.0641 e. The largest absolute Gasteiger partial charge is 0.309 e. The first-order valence-electron chi connectivity index (χ1n) is 20.0. The Morgan fingerprint density at radius 2 is 0.621 bits per heavy atom. The van der Waals surface area contributed by atoms with E-state index in [4.69, 9.17) is 0 Å². The van der Waals surface area contributed by atoms with Gasteiger partial charge in [-0.25, -0.2) is 0 Å². The molecule has 0 aliphatic carbocycles. The van der Waals surface area contributed by atoms with E-state index >= 15 is 0 Å². The number of para-hydroxylation sites is 6. The zero-order valence-corrected chi connectivity index (χ0v) is 31.4. The molecule has 4 aromatic heterocycles. The second-order valence-electron chi connectivity index (χ2n) is 15.3. The van der Waals surface area contributed by atoms with Gasteiger partial charge in [0.1, 0.15) is 0 Å². The first-order valence-corrected chi connectivity index (χ1v) is 20.0. The number of fused-ring (bicyclic) bond motifs is 13. The molecule has 0 fully saturated rings. The van der Waals surface area contributed by atoms with Crippen molar-refractivity contribution in [1.82, 2.24) is 18.3 Å². The molecule has 13 rings (SSSR count). The Bertz CT molecular complexity index is 3750. The molecular weight excluding hydrogens is 705 g/mol. The normalized spacial score (nSPS) is 12.1. The van der Waals surface area contributed by atoms with Gasteiger partial charge in [0.25, 0.3) is 0 Å². The quantitative estimate of drug-likeness (QED) is 0.171. The van der Waals surface area contributed by atoms with Crippen molar-refractivity contribution >= 4 is 87.2 Å². The topological polar surface area (TPSA) is 19.7 Å². The molecule has 0 aliphatic rings. The Balaban J connectivity index is 1.10. The van der Waals surface area contributed by atoms with E-state index in [0.717, 1.165) is 22.7 Å². The van der Waals surface area contributed by atoms with E-state index in [1.54, 1.807) is 0 Å². The van der Waals surface area contributed by atoms with E-state index in [2.05, 4.69) is 225 Å². The number of nitrogens with zero attached hydrogens (tertiary/aromatic N) is 4. The van der Waals surface area contributed by atoms with Crippen molar-refractivity contribution in [2.24, 2.45) is 0 Å². The van der Waals surface area contributed by atoms with E-state index in [1.165, 1.54) is 87.2 Å². The summed E-state index contributed by atoms with van der Waals surface area (Å²) in [6.45, 7) is 0. The van der Waals surface area contributed by atoms with Crippen LogP contribution >= 0.6 is 0 Å². The minimum Gasteiger partial charge on any atom is -0.309 e. The molecule has 58 heavy (non-hydrogen) atoms. The molecule has 4 heterocycles. The maximum atomic E-state index is 2.46. The van der Waals surface area contributed by atoms with Crippen LogP contribution in [0.15, 0.2) is 206 Å². The molecule has 0 atom stereocenters. The molecule has 0 unspecified atom stereocenters. The van der Waals surface area contributed by atoms with Crippen LogP contribution in [0, 0.1) is 0 Å². The zero-order chi connectivity index (χ0) is 37.9. The summed E-state index contributed by atoms with van der Waals surface area (Å²) in [5, 5.41) is 10.0. The van der Waals surface area contributed by atoms with Crippen molar-refractivity contribution < 1.29 is 0 Å². The first kappa shape index (κ1) is 31.4. The predicted molar refractivity (Wildman–Crippen MR) is 244 cm³/mol. The van der Waals surface area contributed by atoms with Crippen LogP contribution in [0.5, 0.6) is 0 Å². The van der Waals surface area contributed by atoms with E-state index in [1.807, 2.05) is 0 Å². The molecular formula is C54H34N4. The summed E-state index contributed by atoms with van der Waals surface area (Å²) in [7, 11) is 0. The first-order chi connectivity index (χ1) is 28.8. The average molecular weight is 739 g/mol. The lowest BCUT2D eigenvalue weighted by Crippen LogP contribution is -1.99. The van der Waals surface area contributed by atoms with Crippen molar-refractivity contribution in [3.63, 3.8) is 0 Å². The van der Waals surface area contributed by atoms with Crippen LogP contribution in [-0.2, 0) is 0 Å². The van der Waals surface area contributed by atoms with Crippen LogP contribution in [0.1, 0.15) is 0 Å². The summed E-state index contributed by atoms with van der Waals surface area (Å²) in [6, 6.07) is 75.4. The third-order valence-electron chi connectivity index (χ3n) is 12.3. The van der Waals surface area contributed by atoms with Gasteiger partial charge in [0.05, 0.1) is 44.1 Å². The van der Waals surface area contributed by atoms with Crippen molar-refractivity contribution in [3.05, 3.63) is 206 Å². The summed E-state index contributed by atoms with van der Waals surface area (Å²) in [5.74, 6) is 0. The fraction of sp³-hybridized carbons (Fsp3) is 0. The fourth-order valence-corrected chi connectivity index (χ4v) is 9.97. The minimum absolute atomic E-state index is 1.12. The van der Waals surface area contributed by atoms with Gasteiger partial charge < -0.3 is 18.3 Å². The average Bonchev–Trinajstić information content (AvgIpc) is 4.01. The van der Waals surface area contributed by atoms with Gasteiger partial charge in [0.2, 0.25) is 0 Å². The van der Waals surface area contributed by atoms with Gasteiger partial charge in [-0.3, -0.25) is 0 Å². The Kier molecular flexibility index (Phi) is 6.41. The second-order valence-corrected chi connectivity index (χ2v) is 15.3. The lowest BCUT2D eigenvalue weighted by molar-refractivity contribution is 1.13. The number of rotatable bonds is 4. The van der Waals surface area contributed by atoms with Crippen LogP contribution in [0.4, 0.5) is 0 Å². The molecule has 0 aliphatic heterocycles. The van der Waals surface area contributed by atoms with Crippen molar-refractivity contribution in [2.45, 2.75) is 0 Å². The Labute approximate surface area is 333 Å². The smallest absolute Gasteiger partial charge is 0.0641 e. The summed E-state index contributed by atoms with van der Waals surface area (Å²) in [6.07, 6.45) is 0. The molecule has 4 heteroatoms. The lowest BCUT2D eigenvalue weighted by Gasteiger charge is -2.13. The highest BCUT2D eigenvalue weighted by Crippen LogP contribution is 2.43. The number of hydrogen-bond donors (Lipinski definition) is 0. The fourth-order valence-electron chi connectivity index (χ4n) is 9.97. The molecule has 0 amide bonds. The molecule has 4 nitrogen and oxygen atoms in total. The summed E-state index contributed by atoms with van der Waals surface area (Å²) in [4.78, 5) is 0. The molecule has 9 aromatic carbocycles. The van der Waals surface area contributed by atoms with Crippen molar-refractivity contribution in [2.75, 3.05) is 0 Å². The summed E-state index contributed by atoms with van der Waals surface area (Å²) in [5.41, 5.74) is 14.1. The van der Waals surface area contributed by atoms with E-state index < -0.39 is 0 Å². The summed E-state index contributed by atoms with van der Waals surface area (Å²) < 4.78 is 9.78. The van der Waals surface area contributed by atoms with E-state index in [0.29, 0.717) is 0 Å². The van der Waals surface area contributed by atoms with E-state index in [-0.39, 0.29) is 0 Å². The molecule has 270 valence electrons. The Morgan fingerprint density at radius 1 is 0.207 bits per heavy atom. The van der Waals surface area contributed by atoms with Gasteiger partial charge in [0.15, 0.2) is 0 Å². The highest BCUT2D eigenvalue weighted by atomic mass is 15.0. The molecule has 0 radical (unpaired) electrons. The van der Waals surface area contributed by atoms with Crippen LogP contribution in [-0.4, -0.2) is 18.3 Å². The third-order valence-corrected chi connectivity index (χ3v) is 12.3. The van der Waals surface area contributed by atoms with Gasteiger partial charge in [-0.05, 0) is 84.9 Å². The van der Waals surface area contributed by atoms with Gasteiger partial charge in [0, 0.05) is 65.8 Å². The maximum absolute atomic E-state index is 2.46. The number of aromatic nitrogens is 4. The number of hydrogen-bond acceptors (Lipinski definition) is 0. The van der Waals surface area contributed by atoms with Gasteiger partial charge in [-0.15, -0.1) is 0 Å². The SMILES string of the molecule is c1ccc(-n2c3ccccc3c3cc4c5ccccc5n(-c5cccc(-n6c7ccccc7c7c6ccc6c8ccccc8n(-c8ccccc8)c67)c5)c4cc32)cc1. The van der Waals surface area contributed by atoms with Gasteiger partial charge in [-0.1, -0.05) is 121 Å². The minimum atomic E-state index is 1.12. The van der Waals surface area contributed by atoms with Crippen molar-refractivity contribution in [3.8, 4) is 22.7 Å². The van der Waals surface area contributed by atoms with Crippen LogP contribution < -0.4 is 0 Å². The Hall–Kier alpha value is -7.82. The standard InChI is InChI=1S/C54H34N4/c1-3-16-35(17-4-1)55-46-26-11-8-23-40(46)44-33-45-41-24-9-12-27-47(41)57(52(45)34-51(44)55)38-21-15-20-37(32-38)56-49-29-14-10-25-43(49)53-50(56)31-30-42-39-22-7-13-28-48(39)58(54(42)53)36-18-5-2-6-19-36/h1-34H. The van der Waals surface area contributed by atoms with E-state index in [9.17, 15) is 0 Å². The zero-order valence-electron chi connectivity index (χ0n) is 31.4. The van der Waals surface area contributed by atoms with Gasteiger partial charge >= 0.3 is 0 Å². The third kappa shape index (κ3) is 4.23. The predicted octanol–water partition coefficient (Wildman–Crippen LogP) is 14.1. The van der Waals surface area contributed by atoms with Crippen LogP contribution in [0.25, 0.3) is 110 Å². The molecule has 0 spiro atoms. The highest BCUT2D eigenvalue weighted by molar-refractivity contribution is 6.26. The molecule has 0 N–H and O–H groups in total. The van der Waals surface area contributed by atoms with Crippen molar-refractivity contribution in [1.29, 1.82) is 0 Å². The lowest BCUT2D eigenvalue weighted by atomic mass is 10.1. The molecule has 0 saturated heterocycles. The molecule has 13 aromatic rings. The molecule has 0 saturated carbocycles. The monoisotopic (exact) mass is 738 g/mol. The van der Waals surface area contributed by atoms with Gasteiger partial charge in [-0.2, -0.15) is 0 Å². The number of benzene rings is 9. The Morgan fingerprint density at radius 3 is 1.21 bits per heavy atom. The highest BCUT2D eigenvalue weighted by Gasteiger charge is 2.22. The summed E-state index contributed by atoms with van der Waals surface area (Å²) >= 11 is 0. The van der Waals surface area contributed by atoms with Crippen LogP contribution in [0.2, 0.25) is 0 Å². The molecule has 0 bridgehead atoms. The second kappa shape index (κ2) is 11.8. The van der Waals surface area contributed by atoms with Crippen LogP contribution in [0.3, 0.4) is 0 Å².